The lowest BCUT2D eigenvalue weighted by Gasteiger charge is -2.18. The summed E-state index contributed by atoms with van der Waals surface area (Å²) in [6.07, 6.45) is -5.99. The number of allylic oxidation sites excluding steroid dienone is 1. The maximum Gasteiger partial charge on any atom is 0.399 e. The molecule has 14 heteroatoms. The first kappa shape index (κ1) is 33.3. The van der Waals surface area contributed by atoms with Crippen LogP contribution in [0.15, 0.2) is 40.9 Å². The third kappa shape index (κ3) is 10.2. The Kier molecular flexibility index (Phi) is 11.6. The number of aryl methyl sites for hydroxylation is 1. The lowest BCUT2D eigenvalue weighted by Crippen LogP contribution is -2.46. The van der Waals surface area contributed by atoms with Crippen molar-refractivity contribution in [3.05, 3.63) is 72.6 Å². The van der Waals surface area contributed by atoms with Crippen molar-refractivity contribution >= 4 is 69.1 Å². The number of amides is 2. The summed E-state index contributed by atoms with van der Waals surface area (Å²) in [5.74, 6) is -2.39. The van der Waals surface area contributed by atoms with Crippen molar-refractivity contribution < 1.29 is 35.9 Å². The van der Waals surface area contributed by atoms with Crippen molar-refractivity contribution in [3.63, 3.8) is 0 Å². The van der Waals surface area contributed by atoms with Gasteiger partial charge in [-0.25, -0.2) is 0 Å². The molecule has 0 saturated heterocycles. The van der Waals surface area contributed by atoms with Crippen molar-refractivity contribution in [2.45, 2.75) is 50.0 Å². The molecule has 1 unspecified atom stereocenters. The number of benzene rings is 2. The Labute approximate surface area is 244 Å². The van der Waals surface area contributed by atoms with Crippen LogP contribution in [0.5, 0.6) is 0 Å². The van der Waals surface area contributed by atoms with E-state index in [-0.39, 0.29) is 20.6 Å². The van der Waals surface area contributed by atoms with Crippen LogP contribution in [-0.4, -0.2) is 36.8 Å². The number of carbonyl (C=O) groups is 2. The molecule has 214 valence electrons. The van der Waals surface area contributed by atoms with Crippen LogP contribution in [0.3, 0.4) is 0 Å². The molecule has 1 atom stereocenters. The third-order valence-corrected chi connectivity index (χ3v) is 7.66. The van der Waals surface area contributed by atoms with Crippen LogP contribution in [0.2, 0.25) is 15.1 Å². The molecule has 1 aliphatic rings. The second-order valence-electron chi connectivity index (χ2n) is 8.65. The van der Waals surface area contributed by atoms with Gasteiger partial charge in [-0.3, -0.25) is 9.59 Å². The van der Waals surface area contributed by atoms with E-state index in [0.717, 1.165) is 16.1 Å². The predicted octanol–water partition coefficient (Wildman–Crippen LogP) is 8.41. The Morgan fingerprint density at radius 1 is 1.08 bits per heavy atom. The first-order valence-electron chi connectivity index (χ1n) is 11.2. The molecule has 0 aromatic heterocycles. The van der Waals surface area contributed by atoms with Gasteiger partial charge in [-0.05, 0) is 54.7 Å². The highest BCUT2D eigenvalue weighted by atomic mass is 79.9. The number of halogens is 10. The molecule has 0 aliphatic heterocycles. The summed E-state index contributed by atoms with van der Waals surface area (Å²) >= 11 is 20.9. The summed E-state index contributed by atoms with van der Waals surface area (Å²) in [5, 5.41) is 4.46. The molecule has 1 fully saturated rings. The van der Waals surface area contributed by atoms with E-state index >= 15 is 0 Å². The molecular formula is C25H22BrCl3F6N2O2. The highest BCUT2D eigenvalue weighted by Gasteiger charge is 2.49. The molecular weight excluding hydrogens is 661 g/mol. The average molecular weight is 683 g/mol. The quantitative estimate of drug-likeness (QED) is 0.167. The minimum absolute atomic E-state index is 0.0140. The molecule has 0 spiro atoms. The van der Waals surface area contributed by atoms with Gasteiger partial charge in [0.25, 0.3) is 0 Å². The van der Waals surface area contributed by atoms with Gasteiger partial charge in [0, 0.05) is 11.0 Å². The highest BCUT2D eigenvalue weighted by Crippen LogP contribution is 2.41. The van der Waals surface area contributed by atoms with Crippen LogP contribution in [0.1, 0.15) is 41.9 Å². The fourth-order valence-corrected chi connectivity index (χ4v) is 4.26. The highest BCUT2D eigenvalue weighted by molar-refractivity contribution is 9.10. The monoisotopic (exact) mass is 680 g/mol. The summed E-state index contributed by atoms with van der Waals surface area (Å²) in [6, 6.07) is 7.68. The van der Waals surface area contributed by atoms with E-state index in [1.807, 2.05) is 13.0 Å². The van der Waals surface area contributed by atoms with Gasteiger partial charge < -0.3 is 10.6 Å². The largest absolute Gasteiger partial charge is 0.399 e. The van der Waals surface area contributed by atoms with Gasteiger partial charge in [0.1, 0.15) is 5.54 Å². The Balaban J connectivity index is 0.000000306. The molecule has 1 saturated carbocycles. The lowest BCUT2D eigenvalue weighted by molar-refractivity contribution is -0.139. The fraction of sp³-hybridized carbons (Fsp3) is 0.360. The standard InChI is InChI=1S/C17H11BrCl3F3.C8H11F3N2O2/c1-9-2-3-10(6-13(9)18)4-5-12(17(22,23)24)11-7-14(19)16(21)15(20)8-11;9-8(10,11)3-4-12-6(15)7(1-2-7)13-5-14/h2-8,12H,1H3;5H,1-4H2,(H,12,15)(H,13,14)/b5-4+;. The van der Waals surface area contributed by atoms with Crippen molar-refractivity contribution in [1.29, 1.82) is 0 Å². The van der Waals surface area contributed by atoms with Crippen molar-refractivity contribution in [3.8, 4) is 0 Å². The second kappa shape index (κ2) is 13.6. The van der Waals surface area contributed by atoms with E-state index in [9.17, 15) is 35.9 Å². The Morgan fingerprint density at radius 2 is 1.67 bits per heavy atom. The molecule has 2 aromatic carbocycles. The van der Waals surface area contributed by atoms with E-state index in [2.05, 4.69) is 26.6 Å². The van der Waals surface area contributed by atoms with Gasteiger partial charge in [-0.15, -0.1) is 0 Å². The van der Waals surface area contributed by atoms with Crippen molar-refractivity contribution in [1.82, 2.24) is 10.6 Å². The zero-order valence-electron chi connectivity index (χ0n) is 20.1. The average Bonchev–Trinajstić information content (AvgIpc) is 3.59. The van der Waals surface area contributed by atoms with Gasteiger partial charge in [0.15, 0.2) is 0 Å². The zero-order chi connectivity index (χ0) is 29.6. The number of carbonyl (C=O) groups excluding carboxylic acids is 2. The molecule has 2 aromatic rings. The lowest BCUT2D eigenvalue weighted by atomic mass is 9.97. The molecule has 39 heavy (non-hydrogen) atoms. The van der Waals surface area contributed by atoms with Gasteiger partial charge >= 0.3 is 12.4 Å². The Hall–Kier alpha value is -1.95. The molecule has 3 rings (SSSR count). The number of rotatable bonds is 8. The van der Waals surface area contributed by atoms with E-state index < -0.39 is 42.7 Å². The molecule has 1 aliphatic carbocycles. The zero-order valence-corrected chi connectivity index (χ0v) is 24.0. The van der Waals surface area contributed by atoms with Gasteiger partial charge in [0.05, 0.1) is 27.4 Å². The van der Waals surface area contributed by atoms with Gasteiger partial charge in [0.2, 0.25) is 12.3 Å². The minimum atomic E-state index is -4.49. The Morgan fingerprint density at radius 3 is 2.13 bits per heavy atom. The summed E-state index contributed by atoms with van der Waals surface area (Å²) in [6.45, 7) is 1.44. The van der Waals surface area contributed by atoms with Crippen molar-refractivity contribution in [2.75, 3.05) is 6.54 Å². The number of alkyl halides is 6. The summed E-state index contributed by atoms with van der Waals surface area (Å²) < 4.78 is 76.4. The summed E-state index contributed by atoms with van der Waals surface area (Å²) in [5.41, 5.74) is 0.626. The molecule has 2 N–H and O–H groups in total. The van der Waals surface area contributed by atoms with Crippen LogP contribution >= 0.6 is 50.7 Å². The first-order valence-corrected chi connectivity index (χ1v) is 13.1. The third-order valence-electron chi connectivity index (χ3n) is 5.61. The summed E-state index contributed by atoms with van der Waals surface area (Å²) in [7, 11) is 0. The van der Waals surface area contributed by atoms with E-state index in [1.54, 1.807) is 12.1 Å². The van der Waals surface area contributed by atoms with Crippen LogP contribution in [-0.2, 0) is 9.59 Å². The molecule has 0 radical (unpaired) electrons. The molecule has 0 heterocycles. The smallest absolute Gasteiger partial charge is 0.354 e. The van der Waals surface area contributed by atoms with Crippen LogP contribution < -0.4 is 10.6 Å². The molecule has 4 nitrogen and oxygen atoms in total. The molecule has 2 amide bonds. The topological polar surface area (TPSA) is 58.2 Å². The Bertz CT molecular complexity index is 1190. The maximum atomic E-state index is 13.4. The van der Waals surface area contributed by atoms with Crippen LogP contribution in [0.25, 0.3) is 6.08 Å². The number of hydrogen-bond acceptors (Lipinski definition) is 2. The van der Waals surface area contributed by atoms with Gasteiger partial charge in [-0.1, -0.05) is 75.0 Å². The second-order valence-corrected chi connectivity index (χ2v) is 10.7. The summed E-state index contributed by atoms with van der Waals surface area (Å²) in [4.78, 5) is 21.4. The van der Waals surface area contributed by atoms with Crippen molar-refractivity contribution in [2.24, 2.45) is 0 Å². The van der Waals surface area contributed by atoms with E-state index in [1.165, 1.54) is 18.2 Å². The van der Waals surface area contributed by atoms with E-state index in [0.29, 0.717) is 24.8 Å². The predicted molar refractivity (Wildman–Crippen MR) is 143 cm³/mol. The minimum Gasteiger partial charge on any atom is -0.354 e. The SMILES string of the molecule is Cc1ccc(/C=C/C(c2cc(Cl)c(Cl)c(Cl)c2)C(F)(F)F)cc1Br.O=CNC1(C(=O)NCCC(F)(F)F)CC1. The maximum absolute atomic E-state index is 13.4. The number of nitrogens with one attached hydrogen (secondary N) is 2. The van der Waals surface area contributed by atoms with Gasteiger partial charge in [-0.2, -0.15) is 26.3 Å². The number of hydrogen-bond donors (Lipinski definition) is 2. The van der Waals surface area contributed by atoms with Crippen LogP contribution in [0, 0.1) is 6.92 Å². The first-order chi connectivity index (χ1) is 18.0. The molecule has 0 bridgehead atoms. The van der Waals surface area contributed by atoms with E-state index in [4.69, 9.17) is 34.8 Å². The van der Waals surface area contributed by atoms with Crippen LogP contribution in [0.4, 0.5) is 26.3 Å². The normalized spacial score (nSPS) is 15.3. The fourth-order valence-electron chi connectivity index (χ4n) is 3.25.